The zero-order valence-corrected chi connectivity index (χ0v) is 25.2. The van der Waals surface area contributed by atoms with Crippen LogP contribution in [0.3, 0.4) is 0 Å². The van der Waals surface area contributed by atoms with Crippen molar-refractivity contribution < 1.29 is 28.7 Å². The molecule has 3 aromatic rings. The van der Waals surface area contributed by atoms with Gasteiger partial charge < -0.3 is 24.7 Å². The number of ether oxygens (including phenoxy) is 2. The molecule has 40 heavy (non-hydrogen) atoms. The van der Waals surface area contributed by atoms with Gasteiger partial charge in [-0.25, -0.2) is 9.59 Å². The third-order valence-electron chi connectivity index (χ3n) is 6.08. The molecule has 2 aromatic heterocycles. The van der Waals surface area contributed by atoms with Crippen molar-refractivity contribution in [1.29, 1.82) is 0 Å². The Hall–Kier alpha value is -3.71. The Kier molecular flexibility index (Phi) is 10.5. The van der Waals surface area contributed by atoms with E-state index in [0.29, 0.717) is 22.1 Å². The number of carbonyl (C=O) groups excluding carboxylic acids is 4. The van der Waals surface area contributed by atoms with E-state index in [4.69, 9.17) is 9.47 Å². The summed E-state index contributed by atoms with van der Waals surface area (Å²) in [6.45, 7) is 11.1. The van der Waals surface area contributed by atoms with E-state index in [2.05, 4.69) is 20.8 Å². The summed E-state index contributed by atoms with van der Waals surface area (Å²) < 4.78 is 11.9. The van der Waals surface area contributed by atoms with Gasteiger partial charge in [0.2, 0.25) is 5.91 Å². The molecule has 1 atom stereocenters. The van der Waals surface area contributed by atoms with E-state index in [9.17, 15) is 19.2 Å². The lowest BCUT2D eigenvalue weighted by atomic mass is 10.1. The van der Waals surface area contributed by atoms with E-state index in [0.717, 1.165) is 34.2 Å². The Morgan fingerprint density at radius 2 is 1.70 bits per heavy atom. The molecule has 0 saturated carbocycles. The van der Waals surface area contributed by atoms with E-state index in [1.54, 1.807) is 45.4 Å². The van der Waals surface area contributed by atoms with Crippen molar-refractivity contribution in [3.8, 4) is 0 Å². The first kappa shape index (κ1) is 30.8. The molecule has 0 aliphatic rings. The summed E-state index contributed by atoms with van der Waals surface area (Å²) in [6.07, 6.45) is 0. The van der Waals surface area contributed by atoms with Crippen molar-refractivity contribution in [2.75, 3.05) is 18.5 Å². The predicted molar refractivity (Wildman–Crippen MR) is 153 cm³/mol. The fourth-order valence-electron chi connectivity index (χ4n) is 3.61. The molecular formula is C27H33N5O6S2. The molecule has 2 amide bonds. The van der Waals surface area contributed by atoms with E-state index < -0.39 is 23.1 Å². The monoisotopic (exact) mass is 587 g/mol. The minimum Gasteiger partial charge on any atom is -0.462 e. The highest BCUT2D eigenvalue weighted by molar-refractivity contribution is 8.00. The summed E-state index contributed by atoms with van der Waals surface area (Å²) in [5, 5.41) is 14.0. The quantitative estimate of drug-likeness (QED) is 0.249. The molecule has 3 rings (SSSR count). The standard InChI is InChI=1S/C27H33N5O6S2/c1-8-37-25(35)20-16(5)21(26(36)38-9-2)40-24(20)29-22(33)17(6)39-27-31-30-19(32(27)7)13-28-23(34)18-11-10-14(3)15(4)12-18/h10-12,17H,8-9,13H2,1-7H3,(H,28,34)(H,29,33)/t17-/m0/s1. The molecule has 2 heterocycles. The van der Waals surface area contributed by atoms with E-state index in [1.165, 1.54) is 0 Å². The molecule has 2 N–H and O–H groups in total. The van der Waals surface area contributed by atoms with Crippen LogP contribution >= 0.6 is 23.1 Å². The Morgan fingerprint density at radius 1 is 1.02 bits per heavy atom. The number of thioether (sulfide) groups is 1. The van der Waals surface area contributed by atoms with Crippen LogP contribution in [-0.2, 0) is 27.9 Å². The van der Waals surface area contributed by atoms with Gasteiger partial charge in [0.15, 0.2) is 11.0 Å². The number of amides is 2. The number of hydrogen-bond acceptors (Lipinski definition) is 10. The van der Waals surface area contributed by atoms with Gasteiger partial charge in [-0.2, -0.15) is 0 Å². The van der Waals surface area contributed by atoms with Gasteiger partial charge in [-0.05, 0) is 70.4 Å². The number of aryl methyl sites for hydroxylation is 2. The van der Waals surface area contributed by atoms with Crippen LogP contribution in [0, 0.1) is 20.8 Å². The van der Waals surface area contributed by atoms with Gasteiger partial charge >= 0.3 is 11.9 Å². The van der Waals surface area contributed by atoms with Crippen LogP contribution in [0.5, 0.6) is 0 Å². The molecule has 0 bridgehead atoms. The zero-order valence-electron chi connectivity index (χ0n) is 23.5. The van der Waals surface area contributed by atoms with Crippen LogP contribution in [-0.4, -0.2) is 57.0 Å². The van der Waals surface area contributed by atoms with E-state index in [1.807, 2.05) is 26.0 Å². The third kappa shape index (κ3) is 7.07. The number of rotatable bonds is 11. The zero-order chi connectivity index (χ0) is 29.6. The van der Waals surface area contributed by atoms with Crippen LogP contribution in [0.2, 0.25) is 0 Å². The van der Waals surface area contributed by atoms with Crippen LogP contribution in [0.15, 0.2) is 23.4 Å². The van der Waals surface area contributed by atoms with E-state index >= 15 is 0 Å². The summed E-state index contributed by atoms with van der Waals surface area (Å²) in [5.41, 5.74) is 3.21. The third-order valence-corrected chi connectivity index (χ3v) is 8.40. The fraction of sp³-hybridized carbons (Fsp3) is 0.407. The van der Waals surface area contributed by atoms with Crippen molar-refractivity contribution in [2.24, 2.45) is 7.05 Å². The highest BCUT2D eigenvalue weighted by Gasteiger charge is 2.29. The van der Waals surface area contributed by atoms with Gasteiger partial charge in [0.1, 0.15) is 9.88 Å². The fourth-order valence-corrected chi connectivity index (χ4v) is 5.54. The number of nitrogens with zero attached hydrogens (tertiary/aromatic N) is 3. The summed E-state index contributed by atoms with van der Waals surface area (Å²) in [6, 6.07) is 5.51. The van der Waals surface area contributed by atoms with Crippen LogP contribution in [0.4, 0.5) is 5.00 Å². The highest BCUT2D eigenvalue weighted by atomic mass is 32.2. The Labute approximate surface area is 241 Å². The highest BCUT2D eigenvalue weighted by Crippen LogP contribution is 2.35. The van der Waals surface area contributed by atoms with Crippen molar-refractivity contribution in [2.45, 2.75) is 58.5 Å². The number of carbonyl (C=O) groups is 4. The maximum Gasteiger partial charge on any atom is 0.348 e. The molecular weight excluding hydrogens is 554 g/mol. The number of nitrogens with one attached hydrogen (secondary N) is 2. The minimum absolute atomic E-state index is 0.126. The second kappa shape index (κ2) is 13.6. The average Bonchev–Trinajstić information content (AvgIpc) is 3.42. The molecule has 214 valence electrons. The van der Waals surface area contributed by atoms with Crippen molar-refractivity contribution in [3.05, 3.63) is 56.7 Å². The Bertz CT molecular complexity index is 1430. The van der Waals surface area contributed by atoms with Gasteiger partial charge in [0.05, 0.1) is 30.6 Å². The van der Waals surface area contributed by atoms with E-state index in [-0.39, 0.29) is 41.1 Å². The summed E-state index contributed by atoms with van der Waals surface area (Å²) in [5.74, 6) is -1.32. The van der Waals surface area contributed by atoms with Gasteiger partial charge in [-0.15, -0.1) is 21.5 Å². The first-order chi connectivity index (χ1) is 19.0. The SMILES string of the molecule is CCOC(=O)c1sc(NC(=O)[C@H](C)Sc2nnc(CNC(=O)c3ccc(C)c(C)c3)n2C)c(C(=O)OCC)c1C. The molecule has 1 aromatic carbocycles. The molecule has 0 unspecified atom stereocenters. The second-order valence-corrected chi connectivity index (χ2v) is 11.2. The van der Waals surface area contributed by atoms with Crippen LogP contribution in [0.1, 0.15) is 73.7 Å². The number of esters is 2. The van der Waals surface area contributed by atoms with Gasteiger partial charge in [-0.3, -0.25) is 9.59 Å². The first-order valence-electron chi connectivity index (χ1n) is 12.7. The largest absolute Gasteiger partial charge is 0.462 e. The normalized spacial score (nSPS) is 11.6. The smallest absolute Gasteiger partial charge is 0.348 e. The Morgan fingerprint density at radius 3 is 2.35 bits per heavy atom. The maximum absolute atomic E-state index is 13.1. The molecule has 0 saturated heterocycles. The van der Waals surface area contributed by atoms with Crippen LogP contribution in [0.25, 0.3) is 0 Å². The van der Waals surface area contributed by atoms with Crippen molar-refractivity contribution >= 4 is 51.9 Å². The topological polar surface area (TPSA) is 142 Å². The Balaban J connectivity index is 1.69. The number of benzene rings is 1. The second-order valence-electron chi connectivity index (χ2n) is 8.89. The average molecular weight is 588 g/mol. The van der Waals surface area contributed by atoms with Crippen molar-refractivity contribution in [3.63, 3.8) is 0 Å². The van der Waals surface area contributed by atoms with Crippen molar-refractivity contribution in [1.82, 2.24) is 20.1 Å². The minimum atomic E-state index is -0.636. The van der Waals surface area contributed by atoms with Gasteiger partial charge in [0, 0.05) is 12.6 Å². The maximum atomic E-state index is 13.1. The molecule has 0 aliphatic carbocycles. The lowest BCUT2D eigenvalue weighted by Crippen LogP contribution is -2.25. The number of thiophene rings is 1. The molecule has 13 heteroatoms. The number of anilines is 1. The summed E-state index contributed by atoms with van der Waals surface area (Å²) >= 11 is 2.13. The first-order valence-corrected chi connectivity index (χ1v) is 14.4. The molecule has 11 nitrogen and oxygen atoms in total. The molecule has 0 aliphatic heterocycles. The lowest BCUT2D eigenvalue weighted by Gasteiger charge is -2.12. The lowest BCUT2D eigenvalue weighted by molar-refractivity contribution is -0.115. The van der Waals surface area contributed by atoms with Gasteiger partial charge in [-0.1, -0.05) is 17.8 Å². The number of aromatic nitrogens is 3. The summed E-state index contributed by atoms with van der Waals surface area (Å²) in [4.78, 5) is 50.9. The van der Waals surface area contributed by atoms with Crippen LogP contribution < -0.4 is 10.6 Å². The summed E-state index contributed by atoms with van der Waals surface area (Å²) in [7, 11) is 1.75. The molecule has 0 fully saturated rings. The molecule has 0 spiro atoms. The van der Waals surface area contributed by atoms with Gasteiger partial charge in [0.25, 0.3) is 5.91 Å². The predicted octanol–water partition coefficient (Wildman–Crippen LogP) is 4.20. The molecule has 0 radical (unpaired) electrons. The number of hydrogen-bond donors (Lipinski definition) is 2.